The van der Waals surface area contributed by atoms with Gasteiger partial charge in [0.25, 0.3) is 21.6 Å². The minimum absolute atomic E-state index is 0.00530. The lowest BCUT2D eigenvalue weighted by Crippen LogP contribution is -2.54. The van der Waals surface area contributed by atoms with Gasteiger partial charge < -0.3 is 29.8 Å². The van der Waals surface area contributed by atoms with Crippen LogP contribution in [0.1, 0.15) is 124 Å². The maximum atomic E-state index is 14.2. The monoisotopic (exact) mass is 931 g/mol. The summed E-state index contributed by atoms with van der Waals surface area (Å²) in [5.74, 6) is 0.145. The maximum Gasteiger partial charge on any atom is 0.297 e. The third-order valence-electron chi connectivity index (χ3n) is 15.5. The van der Waals surface area contributed by atoms with Crippen LogP contribution in [0.3, 0.4) is 0 Å². The van der Waals surface area contributed by atoms with Crippen molar-refractivity contribution in [2.45, 2.75) is 126 Å². The van der Waals surface area contributed by atoms with Crippen LogP contribution < -0.4 is 24.4 Å². The Morgan fingerprint density at radius 1 is 1.01 bits per heavy atom. The Morgan fingerprint density at radius 2 is 1.78 bits per heavy atom. The molecule has 2 saturated carbocycles. The molecule has 2 atom stereocenters. The van der Waals surface area contributed by atoms with E-state index in [0.717, 1.165) is 55.3 Å². The number of aromatic nitrogens is 2. The molecule has 0 unspecified atom stereocenters. The molecule has 4 fully saturated rings. The van der Waals surface area contributed by atoms with Crippen LogP contribution in [0.5, 0.6) is 17.2 Å². The van der Waals surface area contributed by atoms with Gasteiger partial charge in [-0.05, 0) is 137 Å². The van der Waals surface area contributed by atoms with Gasteiger partial charge in [-0.2, -0.15) is 0 Å². The molecular formula is C51H61N7O8S. The van der Waals surface area contributed by atoms with Gasteiger partial charge in [-0.3, -0.25) is 19.8 Å². The lowest BCUT2D eigenvalue weighted by Gasteiger charge is -2.56. The van der Waals surface area contributed by atoms with Crippen LogP contribution in [0.4, 0.5) is 17.1 Å². The van der Waals surface area contributed by atoms with Crippen molar-refractivity contribution in [2.24, 2.45) is 11.3 Å². The number of nitrogens with zero attached hydrogens (tertiary/aromatic N) is 4. The Bertz CT molecular complexity index is 2820. The average Bonchev–Trinajstić information content (AvgIpc) is 3.93. The molecule has 354 valence electrons. The zero-order valence-electron chi connectivity index (χ0n) is 38.7. The highest BCUT2D eigenvalue weighted by molar-refractivity contribution is 7.90. The van der Waals surface area contributed by atoms with Crippen LogP contribution in [0, 0.1) is 28.4 Å². The number of sulfonamides is 1. The van der Waals surface area contributed by atoms with Gasteiger partial charge >= 0.3 is 0 Å². The number of hydrogen-bond acceptors (Lipinski definition) is 12. The quantitative estimate of drug-likeness (QED) is 0.0726. The van der Waals surface area contributed by atoms with E-state index in [1.54, 1.807) is 18.3 Å². The van der Waals surface area contributed by atoms with Crippen LogP contribution in [0.15, 0.2) is 77.8 Å². The first-order valence-electron chi connectivity index (χ1n) is 23.9. The normalized spacial score (nSPS) is 24.2. The molecule has 0 bridgehead atoms. The third kappa shape index (κ3) is 8.95. The smallest absolute Gasteiger partial charge is 0.297 e. The fourth-order valence-corrected chi connectivity index (χ4v) is 12.7. The predicted octanol–water partition coefficient (Wildman–Crippen LogP) is 9.51. The summed E-state index contributed by atoms with van der Waals surface area (Å²) in [4.78, 5) is 38.2. The number of amides is 1. The number of aryl methyl sites for hydroxylation is 1. The fraction of sp³-hybridized carbons (Fsp3) is 0.490. The molecule has 2 aliphatic carbocycles. The van der Waals surface area contributed by atoms with Crippen molar-refractivity contribution in [1.82, 2.24) is 19.6 Å². The number of ether oxygens (including phenoxy) is 2. The zero-order valence-corrected chi connectivity index (χ0v) is 39.5. The van der Waals surface area contributed by atoms with Crippen molar-refractivity contribution < 1.29 is 32.7 Å². The summed E-state index contributed by atoms with van der Waals surface area (Å²) in [6.07, 6.45) is 11.1. The van der Waals surface area contributed by atoms with Crippen molar-refractivity contribution in [3.8, 4) is 17.2 Å². The number of nitrogens with one attached hydrogen (secondary N) is 3. The minimum atomic E-state index is -4.66. The lowest BCUT2D eigenvalue weighted by molar-refractivity contribution is -0.384. The van der Waals surface area contributed by atoms with E-state index >= 15 is 0 Å². The van der Waals surface area contributed by atoms with Gasteiger partial charge in [0.2, 0.25) is 0 Å². The Kier molecular flexibility index (Phi) is 11.7. The highest BCUT2D eigenvalue weighted by Crippen LogP contribution is 2.54. The molecule has 0 radical (unpaired) electrons. The average molecular weight is 932 g/mol. The molecule has 5 aromatic rings. The SMILES string of the molecule is Cc1cc2cc(Oc3cc(N4CCC5(CC4)CC(N4CCC[C@H]4c4ccccc4C(C)C)C5)ccc3C(=O)NS(=O)(=O)c3cc4c(c([N+](=O)[O-])c3)N[C@@H](C3CCC(C)(O)CC3)CO4)cnc2[nH]1. The number of hydrogen-bond donors (Lipinski definition) is 4. The number of aliphatic hydroxyl groups is 1. The zero-order chi connectivity index (χ0) is 46.8. The van der Waals surface area contributed by atoms with Gasteiger partial charge in [0.1, 0.15) is 23.8 Å². The molecule has 1 amide bonds. The number of benzene rings is 3. The third-order valence-corrected chi connectivity index (χ3v) is 16.8. The molecule has 10 rings (SSSR count). The molecule has 1 spiro atoms. The molecule has 16 heteroatoms. The van der Waals surface area contributed by atoms with E-state index in [4.69, 9.17) is 9.47 Å². The molecule has 5 aliphatic rings. The van der Waals surface area contributed by atoms with Crippen molar-refractivity contribution in [2.75, 3.05) is 36.5 Å². The van der Waals surface area contributed by atoms with Gasteiger partial charge in [-0.25, -0.2) is 18.1 Å². The summed E-state index contributed by atoms with van der Waals surface area (Å²) in [7, 11) is -4.66. The highest BCUT2D eigenvalue weighted by atomic mass is 32.2. The Hall–Kier alpha value is -5.71. The number of piperidine rings is 1. The molecule has 2 saturated heterocycles. The van der Waals surface area contributed by atoms with Crippen LogP contribution in [-0.2, 0) is 10.0 Å². The Morgan fingerprint density at radius 3 is 2.52 bits per heavy atom. The second-order valence-corrected chi connectivity index (χ2v) is 22.2. The maximum absolute atomic E-state index is 14.2. The van der Waals surface area contributed by atoms with Gasteiger partial charge in [0, 0.05) is 60.1 Å². The summed E-state index contributed by atoms with van der Waals surface area (Å²) in [5.41, 5.74) is 4.52. The number of nitro benzene ring substituents is 1. The Labute approximate surface area is 391 Å². The second-order valence-electron chi connectivity index (χ2n) is 20.5. The number of pyridine rings is 1. The van der Waals surface area contributed by atoms with Crippen LogP contribution in [0.25, 0.3) is 11.0 Å². The number of fused-ring (bicyclic) bond motifs is 2. The van der Waals surface area contributed by atoms with Crippen LogP contribution in [0.2, 0.25) is 0 Å². The number of H-pyrrole nitrogens is 1. The molecule has 67 heavy (non-hydrogen) atoms. The minimum Gasteiger partial charge on any atom is -0.489 e. The van der Waals surface area contributed by atoms with E-state index in [2.05, 4.69) is 67.9 Å². The van der Waals surface area contributed by atoms with Gasteiger partial charge in [0.15, 0.2) is 11.4 Å². The van der Waals surface area contributed by atoms with Crippen molar-refractivity contribution in [3.63, 3.8) is 0 Å². The Balaban J connectivity index is 0.861. The van der Waals surface area contributed by atoms with E-state index in [-0.39, 0.29) is 41.3 Å². The molecule has 3 aromatic carbocycles. The van der Waals surface area contributed by atoms with E-state index in [1.165, 1.54) is 42.9 Å². The van der Waals surface area contributed by atoms with Crippen molar-refractivity contribution in [1.29, 1.82) is 0 Å². The predicted molar refractivity (Wildman–Crippen MR) is 257 cm³/mol. The number of carbonyl (C=O) groups is 1. The molecule has 5 heterocycles. The van der Waals surface area contributed by atoms with Crippen molar-refractivity contribution in [3.05, 3.63) is 105 Å². The van der Waals surface area contributed by atoms with Crippen LogP contribution in [-0.4, -0.2) is 83.1 Å². The molecule has 3 aliphatic heterocycles. The standard InChI is InChI=1S/C51H61N7O8S/c1-31(2)39-8-5-6-9-40(39)43-10-7-19-57(43)36-27-51(28-36)17-20-56(21-18-51)35-11-12-41(45(24-35)66-37-23-34-22-32(3)53-48(34)52-29-37)49(59)55-67(63,64)38-25-44(58(61)62)47-46(26-38)65-30-42(54-47)33-13-15-50(4,60)16-14-33/h5-6,8-9,11-12,22-26,29,31,33,36,42-43,54,60H,7,10,13-21,27-28,30H2,1-4H3,(H,52,53)(H,55,59)/t33?,42-,43+,50?/m1/s1. The van der Waals surface area contributed by atoms with E-state index in [0.29, 0.717) is 60.5 Å². The molecule has 2 aromatic heterocycles. The second kappa shape index (κ2) is 17.4. The number of likely N-dealkylation sites (tertiary alicyclic amines) is 1. The summed E-state index contributed by atoms with van der Waals surface area (Å²) in [6, 6.07) is 20.9. The number of aromatic amines is 1. The van der Waals surface area contributed by atoms with Gasteiger partial charge in [-0.1, -0.05) is 38.1 Å². The topological polar surface area (TPSA) is 192 Å². The number of carbonyl (C=O) groups excluding carboxylic acids is 1. The lowest BCUT2D eigenvalue weighted by atomic mass is 9.59. The van der Waals surface area contributed by atoms with Gasteiger partial charge in [-0.15, -0.1) is 0 Å². The molecule has 15 nitrogen and oxygen atoms in total. The summed E-state index contributed by atoms with van der Waals surface area (Å²) in [6.45, 7) is 11.3. The highest BCUT2D eigenvalue weighted by Gasteiger charge is 2.50. The van der Waals surface area contributed by atoms with E-state index in [9.17, 15) is 28.4 Å². The number of rotatable bonds is 11. The summed E-state index contributed by atoms with van der Waals surface area (Å²) < 4.78 is 42.6. The number of anilines is 2. The number of nitro groups is 1. The van der Waals surface area contributed by atoms with E-state index in [1.807, 2.05) is 32.0 Å². The summed E-state index contributed by atoms with van der Waals surface area (Å²) >= 11 is 0. The van der Waals surface area contributed by atoms with Crippen molar-refractivity contribution >= 4 is 44.0 Å². The molecule has 4 N–H and O–H groups in total. The molecular weight excluding hydrogens is 871 g/mol. The van der Waals surface area contributed by atoms with Crippen LogP contribution >= 0.6 is 0 Å². The first kappa shape index (κ1) is 45.1. The van der Waals surface area contributed by atoms with E-state index < -0.39 is 37.0 Å². The summed E-state index contributed by atoms with van der Waals surface area (Å²) in [5, 5.41) is 26.9. The largest absolute Gasteiger partial charge is 0.489 e. The first-order chi connectivity index (χ1) is 32.0. The first-order valence-corrected chi connectivity index (χ1v) is 25.4. The fourth-order valence-electron chi connectivity index (χ4n) is 11.7. The van der Waals surface area contributed by atoms with Gasteiger partial charge in [0.05, 0.1) is 33.2 Å².